The second-order valence-corrected chi connectivity index (χ2v) is 8.26. The Kier molecular flexibility index (Phi) is 6.37. The average molecular weight is 421 g/mol. The van der Waals surface area contributed by atoms with Crippen molar-refractivity contribution in [1.29, 1.82) is 0 Å². The molecule has 1 aromatic heterocycles. The number of thiazole rings is 1. The number of urea groups is 1. The number of piperidine rings is 1. The third kappa shape index (κ3) is 3.79. The Hall–Kier alpha value is -1.96. The van der Waals surface area contributed by atoms with Crippen LogP contribution in [0.25, 0.3) is 0 Å². The van der Waals surface area contributed by atoms with Crippen LogP contribution in [0.2, 0.25) is 0 Å². The molecular formula is C20H25ClN4O2S. The van der Waals surface area contributed by atoms with Gasteiger partial charge in [-0.25, -0.2) is 9.78 Å². The van der Waals surface area contributed by atoms with E-state index in [4.69, 9.17) is 0 Å². The first-order valence-corrected chi connectivity index (χ1v) is 10.3. The number of rotatable bonds is 5. The van der Waals surface area contributed by atoms with Gasteiger partial charge < -0.3 is 10.2 Å². The Morgan fingerprint density at radius 1 is 1.18 bits per heavy atom. The molecule has 0 bridgehead atoms. The lowest BCUT2D eigenvalue weighted by Crippen LogP contribution is -2.56. The van der Waals surface area contributed by atoms with Crippen LogP contribution in [0, 0.1) is 6.92 Å². The lowest BCUT2D eigenvalue weighted by atomic mass is 9.86. The van der Waals surface area contributed by atoms with Gasteiger partial charge >= 0.3 is 6.03 Å². The normalized spacial score (nSPS) is 18.6. The molecule has 0 saturated carbocycles. The molecule has 0 radical (unpaired) electrons. The maximum atomic E-state index is 13.3. The van der Waals surface area contributed by atoms with Gasteiger partial charge in [-0.2, -0.15) is 0 Å². The molecule has 1 spiro atoms. The highest BCUT2D eigenvalue weighted by molar-refractivity contribution is 7.09. The van der Waals surface area contributed by atoms with E-state index >= 15 is 0 Å². The van der Waals surface area contributed by atoms with E-state index in [1.54, 1.807) is 11.3 Å². The first kappa shape index (κ1) is 20.8. The molecule has 4 rings (SSSR count). The largest absolute Gasteiger partial charge is 0.328 e. The van der Waals surface area contributed by atoms with Crippen LogP contribution in [-0.4, -0.2) is 51.9 Å². The molecule has 2 aliphatic heterocycles. The lowest BCUT2D eigenvalue weighted by molar-refractivity contribution is -0.135. The van der Waals surface area contributed by atoms with Gasteiger partial charge in [-0.1, -0.05) is 30.3 Å². The monoisotopic (exact) mass is 420 g/mol. The second-order valence-electron chi connectivity index (χ2n) is 7.20. The fraction of sp³-hybridized carbons (Fsp3) is 0.450. The molecule has 2 aromatic rings. The number of benzene rings is 1. The minimum atomic E-state index is -0.706. The number of hydrogen-bond donors (Lipinski definition) is 1. The van der Waals surface area contributed by atoms with Crippen molar-refractivity contribution in [3.8, 4) is 0 Å². The Balaban J connectivity index is 0.00000225. The zero-order valence-electron chi connectivity index (χ0n) is 15.9. The number of aryl methyl sites for hydroxylation is 1. The van der Waals surface area contributed by atoms with Gasteiger partial charge in [-0.05, 0) is 44.8 Å². The Morgan fingerprint density at radius 2 is 1.89 bits per heavy atom. The Bertz CT molecular complexity index is 836. The maximum absolute atomic E-state index is 13.3. The van der Waals surface area contributed by atoms with Gasteiger partial charge in [0, 0.05) is 11.9 Å². The molecule has 8 heteroatoms. The predicted octanol–water partition coefficient (Wildman–Crippen LogP) is 3.00. The Morgan fingerprint density at radius 3 is 2.54 bits per heavy atom. The summed E-state index contributed by atoms with van der Waals surface area (Å²) in [6.45, 7) is 4.26. The zero-order valence-corrected chi connectivity index (χ0v) is 17.5. The van der Waals surface area contributed by atoms with Gasteiger partial charge in [-0.3, -0.25) is 9.69 Å². The van der Waals surface area contributed by atoms with Crippen molar-refractivity contribution in [3.05, 3.63) is 52.0 Å². The number of nitrogens with zero attached hydrogens (tertiary/aromatic N) is 3. The van der Waals surface area contributed by atoms with Crippen LogP contribution < -0.4 is 5.32 Å². The van der Waals surface area contributed by atoms with Crippen molar-refractivity contribution in [1.82, 2.24) is 20.1 Å². The lowest BCUT2D eigenvalue weighted by Gasteiger charge is -2.38. The number of hydrogen-bond acceptors (Lipinski definition) is 5. The van der Waals surface area contributed by atoms with E-state index in [0.29, 0.717) is 19.4 Å². The highest BCUT2D eigenvalue weighted by Gasteiger charge is 2.56. The van der Waals surface area contributed by atoms with Gasteiger partial charge in [0.15, 0.2) is 0 Å². The molecule has 3 amide bonds. The molecule has 0 aliphatic carbocycles. The van der Waals surface area contributed by atoms with Gasteiger partial charge in [0.2, 0.25) is 0 Å². The minimum absolute atomic E-state index is 0. The summed E-state index contributed by atoms with van der Waals surface area (Å²) >= 11 is 1.54. The molecule has 2 saturated heterocycles. The molecule has 1 aromatic carbocycles. The molecule has 0 atom stereocenters. The van der Waals surface area contributed by atoms with Crippen LogP contribution in [0.4, 0.5) is 4.79 Å². The van der Waals surface area contributed by atoms with E-state index in [1.807, 2.05) is 35.4 Å². The summed E-state index contributed by atoms with van der Waals surface area (Å²) in [5, 5.41) is 6.19. The summed E-state index contributed by atoms with van der Waals surface area (Å²) in [6.07, 6.45) is 2.08. The highest BCUT2D eigenvalue weighted by Crippen LogP contribution is 2.36. The van der Waals surface area contributed by atoms with Gasteiger partial charge in [-0.15, -0.1) is 23.7 Å². The minimum Gasteiger partial charge on any atom is -0.317 e. The van der Waals surface area contributed by atoms with Crippen molar-refractivity contribution in [3.63, 3.8) is 0 Å². The second kappa shape index (κ2) is 8.59. The molecule has 3 heterocycles. The van der Waals surface area contributed by atoms with E-state index in [9.17, 15) is 9.59 Å². The molecule has 1 N–H and O–H groups in total. The van der Waals surface area contributed by atoms with Gasteiger partial charge in [0.1, 0.15) is 5.54 Å². The quantitative estimate of drug-likeness (QED) is 0.755. The first-order chi connectivity index (χ1) is 13.1. The van der Waals surface area contributed by atoms with Crippen LogP contribution in [-0.2, 0) is 17.8 Å². The molecule has 2 aliphatic rings. The number of imide groups is 1. The average Bonchev–Trinajstić information content (AvgIpc) is 3.18. The van der Waals surface area contributed by atoms with Gasteiger partial charge in [0.05, 0.1) is 17.2 Å². The highest BCUT2D eigenvalue weighted by atomic mass is 35.5. The molecule has 6 nitrogen and oxygen atoms in total. The van der Waals surface area contributed by atoms with E-state index in [2.05, 4.69) is 22.4 Å². The van der Waals surface area contributed by atoms with Crippen molar-refractivity contribution in [2.45, 2.75) is 38.3 Å². The number of nitrogens with one attached hydrogen (secondary N) is 1. The Labute approximate surface area is 175 Å². The summed E-state index contributed by atoms with van der Waals surface area (Å²) in [7, 11) is 0. The van der Waals surface area contributed by atoms with Crippen LogP contribution in [0.5, 0.6) is 0 Å². The third-order valence-electron chi connectivity index (χ3n) is 5.51. The molecular weight excluding hydrogens is 396 g/mol. The number of halogens is 1. The molecule has 28 heavy (non-hydrogen) atoms. The number of carbonyl (C=O) groups excluding carboxylic acids is 2. The predicted molar refractivity (Wildman–Crippen MR) is 112 cm³/mol. The summed E-state index contributed by atoms with van der Waals surface area (Å²) < 4.78 is 0. The number of carbonyl (C=O) groups is 2. The summed E-state index contributed by atoms with van der Waals surface area (Å²) in [4.78, 5) is 34.2. The zero-order chi connectivity index (χ0) is 18.9. The van der Waals surface area contributed by atoms with E-state index in [1.165, 1.54) is 10.5 Å². The van der Waals surface area contributed by atoms with E-state index in [0.717, 1.165) is 30.2 Å². The standard InChI is InChI=1S/C20H24N4O2S.ClH/c1-15-22-17(14-27-15)13-23-18(25)20(8-10-21-11-9-20)24(19(23)26)12-7-16-5-3-2-4-6-16;/h2-6,14,21H,7-13H2,1H3;1H. The summed E-state index contributed by atoms with van der Waals surface area (Å²) in [5.74, 6) is -0.0623. The maximum Gasteiger partial charge on any atom is 0.328 e. The third-order valence-corrected chi connectivity index (χ3v) is 6.33. The number of amides is 3. The molecule has 150 valence electrons. The van der Waals surface area contributed by atoms with E-state index in [-0.39, 0.29) is 30.9 Å². The fourth-order valence-electron chi connectivity index (χ4n) is 4.08. The van der Waals surface area contributed by atoms with Crippen LogP contribution >= 0.6 is 23.7 Å². The van der Waals surface area contributed by atoms with Crippen LogP contribution in [0.1, 0.15) is 29.1 Å². The van der Waals surface area contributed by atoms with Crippen molar-refractivity contribution in [2.75, 3.05) is 19.6 Å². The smallest absolute Gasteiger partial charge is 0.317 e. The van der Waals surface area contributed by atoms with Crippen LogP contribution in [0.15, 0.2) is 35.7 Å². The van der Waals surface area contributed by atoms with Crippen LogP contribution in [0.3, 0.4) is 0 Å². The van der Waals surface area contributed by atoms with Crippen molar-refractivity contribution < 1.29 is 9.59 Å². The SMILES string of the molecule is Cc1nc(CN2C(=O)N(CCc3ccccc3)C3(CCNCC3)C2=O)cs1.Cl. The summed E-state index contributed by atoms with van der Waals surface area (Å²) in [6, 6.07) is 9.94. The fourth-order valence-corrected chi connectivity index (χ4v) is 4.69. The van der Waals surface area contributed by atoms with Gasteiger partial charge in [0.25, 0.3) is 5.91 Å². The van der Waals surface area contributed by atoms with E-state index < -0.39 is 5.54 Å². The number of aromatic nitrogens is 1. The van der Waals surface area contributed by atoms with Crippen molar-refractivity contribution in [2.24, 2.45) is 0 Å². The molecule has 2 fully saturated rings. The summed E-state index contributed by atoms with van der Waals surface area (Å²) in [5.41, 5.74) is 1.26. The molecule has 0 unspecified atom stereocenters. The van der Waals surface area contributed by atoms with Crippen molar-refractivity contribution >= 4 is 35.7 Å². The topological polar surface area (TPSA) is 65.5 Å². The first-order valence-electron chi connectivity index (χ1n) is 9.39.